The number of phosphoric acid groups is 1. The van der Waals surface area contributed by atoms with Crippen molar-refractivity contribution in [2.75, 3.05) is 47.5 Å². The highest BCUT2D eigenvalue weighted by molar-refractivity contribution is 7.47. The van der Waals surface area contributed by atoms with Crippen LogP contribution in [0.4, 0.5) is 0 Å². The zero-order valence-electron chi connectivity index (χ0n) is 38.4. The average molecular weight is 859 g/mol. The fourth-order valence-corrected chi connectivity index (χ4v) is 6.22. The maximum atomic E-state index is 12.7. The first-order valence-electron chi connectivity index (χ1n) is 23.0. The van der Waals surface area contributed by atoms with Gasteiger partial charge in [0.2, 0.25) is 0 Å². The molecule has 1 N–H and O–H groups in total. The van der Waals surface area contributed by atoms with E-state index in [1.54, 1.807) is 0 Å². The Morgan fingerprint density at radius 3 is 1.43 bits per heavy atom. The van der Waals surface area contributed by atoms with Gasteiger partial charge in [0.15, 0.2) is 6.10 Å². The molecular weight excluding hydrogens is 774 g/mol. The number of hydrogen-bond acceptors (Lipinski definition) is 7. The first-order chi connectivity index (χ1) is 29.0. The minimum Gasteiger partial charge on any atom is -0.462 e. The van der Waals surface area contributed by atoms with Crippen LogP contribution in [0.3, 0.4) is 0 Å². The van der Waals surface area contributed by atoms with Crippen LogP contribution in [0, 0.1) is 0 Å². The Labute approximate surface area is 366 Å². The van der Waals surface area contributed by atoms with Gasteiger partial charge in [-0.15, -0.1) is 0 Å². The molecule has 10 heteroatoms. The van der Waals surface area contributed by atoms with Crippen LogP contribution < -0.4 is 0 Å². The summed E-state index contributed by atoms with van der Waals surface area (Å²) in [5, 5.41) is 0. The van der Waals surface area contributed by atoms with Crippen molar-refractivity contribution < 1.29 is 42.1 Å². The van der Waals surface area contributed by atoms with E-state index in [2.05, 4.69) is 98.9 Å². The van der Waals surface area contributed by atoms with E-state index in [-0.39, 0.29) is 26.1 Å². The zero-order valence-corrected chi connectivity index (χ0v) is 39.3. The summed E-state index contributed by atoms with van der Waals surface area (Å²) in [7, 11) is 1.39. The maximum absolute atomic E-state index is 12.7. The Bertz CT molecular complexity index is 1340. The maximum Gasteiger partial charge on any atom is 0.472 e. The first-order valence-corrected chi connectivity index (χ1v) is 24.5. The zero-order chi connectivity index (χ0) is 44.3. The van der Waals surface area contributed by atoms with Gasteiger partial charge < -0.3 is 18.9 Å². The molecule has 0 aliphatic carbocycles. The Balaban J connectivity index is 4.57. The number of carbonyl (C=O) groups is 2. The number of quaternary nitrogens is 1. The second-order valence-corrected chi connectivity index (χ2v) is 17.5. The predicted octanol–water partition coefficient (Wildman–Crippen LogP) is 13.4. The number of rotatable bonds is 40. The number of ether oxygens (including phenoxy) is 2. The summed E-state index contributed by atoms with van der Waals surface area (Å²) in [5.41, 5.74) is 0. The van der Waals surface area contributed by atoms with E-state index in [0.29, 0.717) is 23.9 Å². The topological polar surface area (TPSA) is 108 Å². The van der Waals surface area contributed by atoms with Gasteiger partial charge in [-0.05, 0) is 83.5 Å². The Kier molecular flexibility index (Phi) is 39.2. The summed E-state index contributed by atoms with van der Waals surface area (Å²) in [6.07, 6.45) is 54.8. The highest BCUT2D eigenvalue weighted by atomic mass is 31.2. The molecular formula is C50H85NO8P+. The fourth-order valence-electron chi connectivity index (χ4n) is 5.48. The molecule has 0 bridgehead atoms. The molecule has 0 aromatic heterocycles. The standard InChI is InChI=1S/C50H84NO8P/c1-6-8-10-12-14-16-18-20-22-24-25-27-29-31-33-35-37-39-41-43-50(53)59-48(47-58-60(54,55)57-45-44-51(3,4)5)46-56-49(52)42-40-38-36-34-32-30-28-26-23-21-19-17-15-13-11-9-7-2/h14,16,20-23,25,27-28,30-31,33-34,36-37,39,48H,6-13,15,17-19,24,26,29,32,35,38,40-47H2,1-5H3/p+1/b16-14+,22-20+,23-21+,27-25+,30-28+,33-31+,36-34+,39-37+/t48-/m1/s1. The van der Waals surface area contributed by atoms with Gasteiger partial charge in [-0.2, -0.15) is 0 Å². The average Bonchev–Trinajstić information content (AvgIpc) is 3.20. The highest BCUT2D eigenvalue weighted by Gasteiger charge is 2.27. The molecule has 0 aromatic carbocycles. The van der Waals surface area contributed by atoms with Crippen LogP contribution in [0.1, 0.15) is 155 Å². The lowest BCUT2D eigenvalue weighted by molar-refractivity contribution is -0.870. The third-order valence-electron chi connectivity index (χ3n) is 9.10. The van der Waals surface area contributed by atoms with Crippen molar-refractivity contribution in [2.45, 2.75) is 161 Å². The van der Waals surface area contributed by atoms with E-state index < -0.39 is 32.5 Å². The molecule has 0 amide bonds. The van der Waals surface area contributed by atoms with E-state index in [9.17, 15) is 19.0 Å². The Morgan fingerprint density at radius 2 is 0.933 bits per heavy atom. The van der Waals surface area contributed by atoms with Crippen molar-refractivity contribution in [3.8, 4) is 0 Å². The molecule has 0 radical (unpaired) electrons. The van der Waals surface area contributed by atoms with Crippen molar-refractivity contribution in [3.63, 3.8) is 0 Å². The van der Waals surface area contributed by atoms with Crippen LogP contribution in [-0.4, -0.2) is 74.9 Å². The van der Waals surface area contributed by atoms with Crippen LogP contribution >= 0.6 is 7.82 Å². The number of phosphoric ester groups is 1. The van der Waals surface area contributed by atoms with Crippen molar-refractivity contribution in [1.82, 2.24) is 0 Å². The van der Waals surface area contributed by atoms with Gasteiger partial charge in [0, 0.05) is 12.8 Å². The summed E-state index contributed by atoms with van der Waals surface area (Å²) in [6.45, 7) is 4.22. The van der Waals surface area contributed by atoms with Gasteiger partial charge in [-0.1, -0.05) is 156 Å². The number of unbranched alkanes of at least 4 members (excludes halogenated alkanes) is 10. The van der Waals surface area contributed by atoms with Gasteiger partial charge in [-0.25, -0.2) is 4.57 Å². The third kappa shape index (κ3) is 44.5. The lowest BCUT2D eigenvalue weighted by Gasteiger charge is -2.24. The Hall–Kier alpha value is -3.07. The van der Waals surface area contributed by atoms with Gasteiger partial charge in [-0.3, -0.25) is 18.6 Å². The predicted molar refractivity (Wildman–Crippen MR) is 252 cm³/mol. The minimum absolute atomic E-state index is 0.00550. The van der Waals surface area contributed by atoms with Crippen molar-refractivity contribution in [1.29, 1.82) is 0 Å². The highest BCUT2D eigenvalue weighted by Crippen LogP contribution is 2.43. The molecule has 0 fully saturated rings. The normalized spacial score (nSPS) is 14.4. The van der Waals surface area contributed by atoms with Crippen molar-refractivity contribution >= 4 is 19.8 Å². The summed E-state index contributed by atoms with van der Waals surface area (Å²) in [5.74, 6) is -0.965. The molecule has 1 unspecified atom stereocenters. The SMILES string of the molecule is CCCCC/C=C/C/C=C/C/C=C/C/C=C/C/C=C/CCC(=O)O[C@H](COC(=O)CCC/C=C/C/C=C/C/C=C/CCCCCCCC)COP(=O)(O)OCC[N+](C)(C)C. The van der Waals surface area contributed by atoms with Gasteiger partial charge in [0.1, 0.15) is 19.8 Å². The summed E-state index contributed by atoms with van der Waals surface area (Å²) in [6, 6.07) is 0. The molecule has 9 nitrogen and oxygen atoms in total. The van der Waals surface area contributed by atoms with E-state index in [4.69, 9.17) is 18.5 Å². The second kappa shape index (κ2) is 41.3. The van der Waals surface area contributed by atoms with Crippen LogP contribution in [0.2, 0.25) is 0 Å². The largest absolute Gasteiger partial charge is 0.472 e. The summed E-state index contributed by atoms with van der Waals surface area (Å²) in [4.78, 5) is 35.3. The van der Waals surface area contributed by atoms with E-state index in [0.717, 1.165) is 51.4 Å². The van der Waals surface area contributed by atoms with Crippen molar-refractivity contribution in [2.24, 2.45) is 0 Å². The van der Waals surface area contributed by atoms with Crippen LogP contribution in [0.25, 0.3) is 0 Å². The molecule has 0 rings (SSSR count). The van der Waals surface area contributed by atoms with Crippen LogP contribution in [0.15, 0.2) is 97.2 Å². The molecule has 0 saturated carbocycles. The number of esters is 2. The number of likely N-dealkylation sites (N-methyl/N-ethyl adjacent to an activating group) is 1. The third-order valence-corrected chi connectivity index (χ3v) is 10.1. The lowest BCUT2D eigenvalue weighted by atomic mass is 10.1. The number of hydrogen-bond donors (Lipinski definition) is 1. The molecule has 342 valence electrons. The molecule has 0 spiro atoms. The monoisotopic (exact) mass is 859 g/mol. The second-order valence-electron chi connectivity index (χ2n) is 16.1. The molecule has 60 heavy (non-hydrogen) atoms. The first kappa shape index (κ1) is 56.9. The summed E-state index contributed by atoms with van der Waals surface area (Å²) < 4.78 is 34.2. The van der Waals surface area contributed by atoms with Gasteiger partial charge in [0.05, 0.1) is 27.7 Å². The number of allylic oxidation sites excluding steroid dienone is 16. The fraction of sp³-hybridized carbons (Fsp3) is 0.640. The molecule has 2 atom stereocenters. The smallest absolute Gasteiger partial charge is 0.462 e. The molecule has 0 aromatic rings. The molecule has 0 saturated heterocycles. The summed E-state index contributed by atoms with van der Waals surface area (Å²) >= 11 is 0. The number of carbonyl (C=O) groups excluding carboxylic acids is 2. The molecule has 0 aliphatic heterocycles. The van der Waals surface area contributed by atoms with Crippen molar-refractivity contribution in [3.05, 3.63) is 97.2 Å². The minimum atomic E-state index is -4.41. The van der Waals surface area contributed by atoms with E-state index in [1.807, 2.05) is 33.3 Å². The lowest BCUT2D eigenvalue weighted by Crippen LogP contribution is -2.37. The molecule has 0 aliphatic rings. The van der Waals surface area contributed by atoms with E-state index in [1.165, 1.54) is 64.2 Å². The quantitative estimate of drug-likeness (QED) is 0.0213. The Morgan fingerprint density at radius 1 is 0.517 bits per heavy atom. The van der Waals surface area contributed by atoms with Gasteiger partial charge >= 0.3 is 19.8 Å². The molecule has 0 heterocycles. The van der Waals surface area contributed by atoms with Gasteiger partial charge in [0.25, 0.3) is 0 Å². The van der Waals surface area contributed by atoms with Crippen LogP contribution in [0.5, 0.6) is 0 Å². The number of nitrogens with zero attached hydrogens (tertiary/aromatic N) is 1. The van der Waals surface area contributed by atoms with Crippen LogP contribution in [-0.2, 0) is 32.7 Å². The van der Waals surface area contributed by atoms with E-state index >= 15 is 0 Å².